The Balaban J connectivity index is 2.05. The molecule has 0 aliphatic heterocycles. The van der Waals surface area contributed by atoms with E-state index in [0.29, 0.717) is 23.7 Å². The van der Waals surface area contributed by atoms with Crippen LogP contribution in [0.3, 0.4) is 0 Å². The van der Waals surface area contributed by atoms with Crippen LogP contribution in [0.15, 0.2) is 40.8 Å². The molecule has 1 heterocycles. The summed E-state index contributed by atoms with van der Waals surface area (Å²) in [7, 11) is 2.98. The fourth-order valence-corrected chi connectivity index (χ4v) is 2.44. The van der Waals surface area contributed by atoms with Crippen molar-refractivity contribution in [2.45, 2.75) is 20.4 Å². The molecule has 0 fully saturated rings. The highest BCUT2D eigenvalue weighted by atomic mass is 16.5. The van der Waals surface area contributed by atoms with Gasteiger partial charge in [0, 0.05) is 18.7 Å². The molecule has 6 heteroatoms. The Kier molecular flexibility index (Phi) is 6.60. The average Bonchev–Trinajstić information content (AvgIpc) is 3.00. The number of ether oxygens (including phenoxy) is 2. The zero-order chi connectivity index (χ0) is 19.1. The lowest BCUT2D eigenvalue weighted by Crippen LogP contribution is -2.23. The maximum absolute atomic E-state index is 12.3. The van der Waals surface area contributed by atoms with Crippen LogP contribution in [0.25, 0.3) is 6.08 Å². The normalized spacial score (nSPS) is 10.8. The van der Waals surface area contributed by atoms with E-state index in [9.17, 15) is 9.59 Å². The minimum absolute atomic E-state index is 0.190. The third-order valence-electron chi connectivity index (χ3n) is 3.77. The van der Waals surface area contributed by atoms with Crippen LogP contribution in [0.5, 0.6) is 5.75 Å². The number of carbonyl (C=O) groups excluding carboxylic acids is 2. The molecule has 1 aromatic heterocycles. The Morgan fingerprint density at radius 3 is 2.69 bits per heavy atom. The van der Waals surface area contributed by atoms with Crippen LogP contribution in [0.4, 0.5) is 0 Å². The van der Waals surface area contributed by atoms with Crippen LogP contribution >= 0.6 is 0 Å². The number of nitrogens with zero attached hydrogens (tertiary/aromatic N) is 1. The number of para-hydroxylation sites is 1. The predicted molar refractivity (Wildman–Crippen MR) is 97.9 cm³/mol. The zero-order valence-corrected chi connectivity index (χ0v) is 15.4. The number of rotatable bonds is 7. The summed E-state index contributed by atoms with van der Waals surface area (Å²) < 4.78 is 15.8. The number of amides is 1. The number of likely N-dealkylation sites (N-methyl/N-ethyl adjacent to an activating group) is 1. The van der Waals surface area contributed by atoms with Gasteiger partial charge in [-0.3, -0.25) is 4.79 Å². The Labute approximate surface area is 153 Å². The van der Waals surface area contributed by atoms with Crippen molar-refractivity contribution in [3.05, 3.63) is 59.1 Å². The second-order valence-electron chi connectivity index (χ2n) is 5.67. The molecule has 0 spiro atoms. The lowest BCUT2D eigenvalue weighted by Gasteiger charge is -2.13. The average molecular weight is 357 g/mol. The molecule has 0 atom stereocenters. The molecule has 0 N–H and O–H groups in total. The summed E-state index contributed by atoms with van der Waals surface area (Å²) in [6, 6.07) is 9.11. The molecule has 0 unspecified atom stereocenters. The molecule has 0 aliphatic carbocycles. The van der Waals surface area contributed by atoms with Gasteiger partial charge in [-0.1, -0.05) is 18.2 Å². The molecule has 0 radical (unpaired) electrons. The van der Waals surface area contributed by atoms with Crippen LogP contribution < -0.4 is 4.74 Å². The lowest BCUT2D eigenvalue weighted by molar-refractivity contribution is -0.125. The van der Waals surface area contributed by atoms with Crippen LogP contribution in [0.1, 0.15) is 34.4 Å². The van der Waals surface area contributed by atoms with E-state index in [-0.39, 0.29) is 12.5 Å². The SMILES string of the molecule is CCOc1ccccc1/C=C/C(=O)N(C)Cc1cc(C(=O)OC)c(C)o1. The number of furan rings is 1. The molecule has 138 valence electrons. The monoisotopic (exact) mass is 357 g/mol. The van der Waals surface area contributed by atoms with Gasteiger partial charge in [0.05, 0.1) is 20.3 Å². The van der Waals surface area contributed by atoms with Gasteiger partial charge in [0.25, 0.3) is 0 Å². The first-order valence-electron chi connectivity index (χ1n) is 8.28. The van der Waals surface area contributed by atoms with Crippen molar-refractivity contribution in [1.82, 2.24) is 4.90 Å². The number of esters is 1. The van der Waals surface area contributed by atoms with Crippen LogP contribution in [0, 0.1) is 6.92 Å². The quantitative estimate of drug-likeness (QED) is 0.561. The summed E-state index contributed by atoms with van der Waals surface area (Å²) in [5.41, 5.74) is 1.20. The van der Waals surface area contributed by atoms with E-state index in [0.717, 1.165) is 11.3 Å². The summed E-state index contributed by atoms with van der Waals surface area (Å²) >= 11 is 0. The van der Waals surface area contributed by atoms with E-state index in [4.69, 9.17) is 13.9 Å². The zero-order valence-electron chi connectivity index (χ0n) is 15.4. The van der Waals surface area contributed by atoms with E-state index in [1.165, 1.54) is 18.1 Å². The standard InChI is InChI=1S/C20H23NO5/c1-5-25-18-9-7-6-8-15(18)10-11-19(22)21(3)13-16-12-17(14(2)26-16)20(23)24-4/h6-12H,5,13H2,1-4H3/b11-10+. The summed E-state index contributed by atoms with van der Waals surface area (Å²) in [4.78, 5) is 25.5. The number of aryl methyl sites for hydroxylation is 1. The Morgan fingerprint density at radius 2 is 2.00 bits per heavy atom. The predicted octanol–water partition coefficient (Wildman–Crippen LogP) is 3.45. The van der Waals surface area contributed by atoms with Gasteiger partial charge in [0.2, 0.25) is 5.91 Å². The van der Waals surface area contributed by atoms with Gasteiger partial charge in [-0.15, -0.1) is 0 Å². The van der Waals surface area contributed by atoms with Crippen molar-refractivity contribution >= 4 is 18.0 Å². The lowest BCUT2D eigenvalue weighted by atomic mass is 10.2. The van der Waals surface area contributed by atoms with Crippen molar-refractivity contribution in [3.63, 3.8) is 0 Å². The van der Waals surface area contributed by atoms with E-state index in [1.54, 1.807) is 26.1 Å². The second kappa shape index (κ2) is 8.89. The first-order chi connectivity index (χ1) is 12.5. The summed E-state index contributed by atoms with van der Waals surface area (Å²) in [6.07, 6.45) is 3.20. The van der Waals surface area contributed by atoms with Gasteiger partial charge in [-0.25, -0.2) is 4.79 Å². The molecule has 6 nitrogen and oxygen atoms in total. The molecule has 1 aromatic carbocycles. The fourth-order valence-electron chi connectivity index (χ4n) is 2.44. The molecule has 0 aliphatic rings. The van der Waals surface area contributed by atoms with E-state index in [1.807, 2.05) is 31.2 Å². The van der Waals surface area contributed by atoms with E-state index < -0.39 is 5.97 Å². The van der Waals surface area contributed by atoms with Crippen LogP contribution in [-0.2, 0) is 16.1 Å². The van der Waals surface area contributed by atoms with Gasteiger partial charge < -0.3 is 18.8 Å². The third-order valence-corrected chi connectivity index (χ3v) is 3.77. The maximum Gasteiger partial charge on any atom is 0.341 e. The van der Waals surface area contributed by atoms with Gasteiger partial charge in [-0.05, 0) is 32.1 Å². The van der Waals surface area contributed by atoms with Crippen LogP contribution in [0.2, 0.25) is 0 Å². The molecule has 26 heavy (non-hydrogen) atoms. The van der Waals surface area contributed by atoms with E-state index in [2.05, 4.69) is 0 Å². The number of methoxy groups -OCH3 is 1. The highest BCUT2D eigenvalue weighted by Crippen LogP contribution is 2.20. The second-order valence-corrected chi connectivity index (χ2v) is 5.67. The van der Waals surface area contributed by atoms with Crippen molar-refractivity contribution in [3.8, 4) is 5.75 Å². The number of carbonyl (C=O) groups is 2. The minimum Gasteiger partial charge on any atom is -0.493 e. The topological polar surface area (TPSA) is 69.0 Å². The number of hydrogen-bond acceptors (Lipinski definition) is 5. The molecule has 0 saturated heterocycles. The van der Waals surface area contributed by atoms with Crippen molar-refractivity contribution in [2.24, 2.45) is 0 Å². The number of benzene rings is 1. The summed E-state index contributed by atoms with van der Waals surface area (Å²) in [5, 5.41) is 0. The highest BCUT2D eigenvalue weighted by Gasteiger charge is 2.17. The first kappa shape index (κ1) is 19.3. The molecule has 0 bridgehead atoms. The Morgan fingerprint density at radius 1 is 1.27 bits per heavy atom. The van der Waals surface area contributed by atoms with Gasteiger partial charge >= 0.3 is 5.97 Å². The van der Waals surface area contributed by atoms with Crippen molar-refractivity contribution in [1.29, 1.82) is 0 Å². The van der Waals surface area contributed by atoms with Gasteiger partial charge in [0.1, 0.15) is 22.8 Å². The summed E-state index contributed by atoms with van der Waals surface area (Å²) in [6.45, 7) is 4.39. The van der Waals surface area contributed by atoms with Gasteiger partial charge in [-0.2, -0.15) is 0 Å². The largest absolute Gasteiger partial charge is 0.493 e. The fraction of sp³-hybridized carbons (Fsp3) is 0.300. The Bertz CT molecular complexity index is 806. The Hall–Kier alpha value is -3.02. The molecular formula is C20H23NO5. The third kappa shape index (κ3) is 4.75. The maximum atomic E-state index is 12.3. The molecular weight excluding hydrogens is 334 g/mol. The van der Waals surface area contributed by atoms with Crippen molar-refractivity contribution < 1.29 is 23.5 Å². The molecule has 1 amide bonds. The molecule has 0 saturated carbocycles. The van der Waals surface area contributed by atoms with Crippen molar-refractivity contribution in [2.75, 3.05) is 20.8 Å². The molecule has 2 rings (SSSR count). The smallest absolute Gasteiger partial charge is 0.341 e. The first-order valence-corrected chi connectivity index (χ1v) is 8.28. The summed E-state index contributed by atoms with van der Waals surface area (Å²) in [5.74, 6) is 1.06. The van der Waals surface area contributed by atoms with Gasteiger partial charge in [0.15, 0.2) is 0 Å². The highest BCUT2D eigenvalue weighted by molar-refractivity contribution is 5.92. The van der Waals surface area contributed by atoms with Crippen LogP contribution in [-0.4, -0.2) is 37.5 Å². The van der Waals surface area contributed by atoms with E-state index >= 15 is 0 Å². The minimum atomic E-state index is -0.459. The molecule has 2 aromatic rings. The number of hydrogen-bond donors (Lipinski definition) is 0.